The normalized spacial score (nSPS) is 10.7. The molecular weight excluding hydrogens is 200 g/mol. The molecule has 0 N–H and O–H groups in total. The molecule has 71 valence electrons. The summed E-state index contributed by atoms with van der Waals surface area (Å²) in [5.74, 6) is 0. The van der Waals surface area contributed by atoms with Crippen molar-refractivity contribution in [3.05, 3.63) is 54.6 Å². The van der Waals surface area contributed by atoms with Gasteiger partial charge in [0.1, 0.15) is 0 Å². The van der Waals surface area contributed by atoms with Gasteiger partial charge >= 0.3 is 0 Å². The van der Waals surface area contributed by atoms with Gasteiger partial charge in [0.25, 0.3) is 0 Å². The average molecular weight is 209 g/mol. The Morgan fingerprint density at radius 3 is 2.13 bits per heavy atom. The van der Waals surface area contributed by atoms with E-state index in [-0.39, 0.29) is 0 Å². The molecule has 0 amide bonds. The van der Waals surface area contributed by atoms with Gasteiger partial charge in [-0.15, -0.1) is 0 Å². The molecule has 0 spiro atoms. The van der Waals surface area contributed by atoms with Crippen LogP contribution in [-0.2, 0) is 0 Å². The third-order valence-corrected chi connectivity index (χ3v) is 2.36. The highest BCUT2D eigenvalue weighted by Gasteiger charge is 1.93. The van der Waals surface area contributed by atoms with E-state index < -0.39 is 0 Å². The summed E-state index contributed by atoms with van der Waals surface area (Å²) in [5, 5.41) is 9.23. The molecule has 3 radical (unpaired) electrons. The van der Waals surface area contributed by atoms with Crippen LogP contribution >= 0.6 is 0 Å². The molecule has 2 nitrogen and oxygen atoms in total. The largest absolute Gasteiger partial charge is 0.151 e. The first-order valence-electron chi connectivity index (χ1n) is 4.64. The lowest BCUT2D eigenvalue weighted by Crippen LogP contribution is -2.00. The number of hydrogen-bond acceptors (Lipinski definition) is 2. The van der Waals surface area contributed by atoms with Crippen molar-refractivity contribution in [3.63, 3.8) is 0 Å². The molecule has 0 heterocycles. The number of rotatable bonds is 2. The first-order valence-corrected chi connectivity index (χ1v) is 5.14. The van der Waals surface area contributed by atoms with Gasteiger partial charge in [-0.2, -0.15) is 10.2 Å². The monoisotopic (exact) mass is 209 g/mol. The van der Waals surface area contributed by atoms with E-state index in [1.165, 1.54) is 0 Å². The van der Waals surface area contributed by atoms with Crippen molar-refractivity contribution in [2.75, 3.05) is 0 Å². The molecule has 3 heteroatoms. The van der Waals surface area contributed by atoms with E-state index in [4.69, 9.17) is 0 Å². The number of hydrogen-bond donors (Lipinski definition) is 0. The molecular formula is C12H9N2Si. The van der Waals surface area contributed by atoms with E-state index >= 15 is 0 Å². The van der Waals surface area contributed by atoms with Crippen LogP contribution in [0.1, 0.15) is 0 Å². The quantitative estimate of drug-likeness (QED) is 0.536. The fourth-order valence-electron chi connectivity index (χ4n) is 1.17. The fraction of sp³-hybridized carbons (Fsp3) is 0. The van der Waals surface area contributed by atoms with E-state index in [1.54, 1.807) is 0 Å². The average Bonchev–Trinajstić information content (AvgIpc) is 2.29. The van der Waals surface area contributed by atoms with Crippen LogP contribution in [0.2, 0.25) is 0 Å². The van der Waals surface area contributed by atoms with Crippen LogP contribution in [-0.4, -0.2) is 10.2 Å². The molecule has 0 aromatic heterocycles. The standard InChI is InChI=1S/C12H9N2Si/c15-12-9-5-4-8-11(12)14-13-10-6-2-1-3-7-10/h1-9H. The number of nitrogens with zero attached hydrogens (tertiary/aromatic N) is 2. The van der Waals surface area contributed by atoms with Gasteiger partial charge < -0.3 is 0 Å². The Morgan fingerprint density at radius 2 is 1.40 bits per heavy atom. The van der Waals surface area contributed by atoms with Crippen molar-refractivity contribution >= 4 is 26.8 Å². The first kappa shape index (κ1) is 9.80. The zero-order valence-electron chi connectivity index (χ0n) is 8.09. The van der Waals surface area contributed by atoms with Crippen LogP contribution < -0.4 is 5.19 Å². The molecule has 0 aliphatic heterocycles. The van der Waals surface area contributed by atoms with Crippen molar-refractivity contribution in [3.8, 4) is 0 Å². The third kappa shape index (κ3) is 2.60. The second-order valence-electron chi connectivity index (χ2n) is 3.05. The number of azo groups is 1. The predicted molar refractivity (Wildman–Crippen MR) is 62.4 cm³/mol. The maximum Gasteiger partial charge on any atom is 0.0857 e. The van der Waals surface area contributed by atoms with Gasteiger partial charge in [-0.3, -0.25) is 0 Å². The predicted octanol–water partition coefficient (Wildman–Crippen LogP) is 2.90. The Balaban J connectivity index is 2.23. The first-order chi connectivity index (χ1) is 7.36. The second kappa shape index (κ2) is 4.66. The lowest BCUT2D eigenvalue weighted by molar-refractivity contribution is 1.24. The lowest BCUT2D eigenvalue weighted by atomic mass is 10.3. The van der Waals surface area contributed by atoms with Crippen LogP contribution in [0.15, 0.2) is 64.8 Å². The van der Waals surface area contributed by atoms with Crippen LogP contribution in [0.4, 0.5) is 11.4 Å². The fourth-order valence-corrected chi connectivity index (χ4v) is 1.40. The van der Waals surface area contributed by atoms with Gasteiger partial charge in [-0.1, -0.05) is 36.4 Å². The molecule has 0 fully saturated rings. The smallest absolute Gasteiger partial charge is 0.0857 e. The summed E-state index contributed by atoms with van der Waals surface area (Å²) in [4.78, 5) is 0. The summed E-state index contributed by atoms with van der Waals surface area (Å²) in [6.07, 6.45) is 0. The summed E-state index contributed by atoms with van der Waals surface area (Å²) in [7, 11) is 3.47. The molecule has 0 bridgehead atoms. The molecule has 0 aliphatic rings. The number of benzene rings is 2. The Hall–Kier alpha value is -1.74. The summed E-state index contributed by atoms with van der Waals surface area (Å²) in [6, 6.07) is 17.4. The van der Waals surface area contributed by atoms with E-state index in [2.05, 4.69) is 20.5 Å². The molecule has 2 aromatic carbocycles. The van der Waals surface area contributed by atoms with Gasteiger partial charge in [-0.05, 0) is 23.4 Å². The molecule has 2 aromatic rings. The van der Waals surface area contributed by atoms with Crippen molar-refractivity contribution < 1.29 is 0 Å². The van der Waals surface area contributed by atoms with Crippen molar-refractivity contribution in [1.29, 1.82) is 0 Å². The summed E-state index contributed by atoms with van der Waals surface area (Å²) in [5.41, 5.74) is 1.69. The van der Waals surface area contributed by atoms with Crippen LogP contribution in [0, 0.1) is 0 Å². The molecule has 2 rings (SSSR count). The Kier molecular flexibility index (Phi) is 3.04. The lowest BCUT2D eigenvalue weighted by Gasteiger charge is -1.96. The van der Waals surface area contributed by atoms with Crippen LogP contribution in [0.5, 0.6) is 0 Å². The van der Waals surface area contributed by atoms with Gasteiger partial charge in [0, 0.05) is 0 Å². The molecule has 0 unspecified atom stereocenters. The molecule has 0 aliphatic carbocycles. The highest BCUT2D eigenvalue weighted by atomic mass is 28.1. The Labute approximate surface area is 92.1 Å². The topological polar surface area (TPSA) is 24.7 Å². The van der Waals surface area contributed by atoms with E-state index in [0.717, 1.165) is 16.6 Å². The minimum Gasteiger partial charge on any atom is -0.151 e. The highest BCUT2D eigenvalue weighted by Crippen LogP contribution is 2.15. The van der Waals surface area contributed by atoms with Crippen molar-refractivity contribution in [1.82, 2.24) is 0 Å². The van der Waals surface area contributed by atoms with E-state index in [1.807, 2.05) is 54.6 Å². The molecule has 15 heavy (non-hydrogen) atoms. The summed E-state index contributed by atoms with van der Waals surface area (Å²) >= 11 is 0. The zero-order valence-corrected chi connectivity index (χ0v) is 9.09. The zero-order chi connectivity index (χ0) is 10.5. The molecule has 0 atom stereocenters. The van der Waals surface area contributed by atoms with Gasteiger partial charge in [0.2, 0.25) is 0 Å². The van der Waals surface area contributed by atoms with Crippen LogP contribution in [0.3, 0.4) is 0 Å². The van der Waals surface area contributed by atoms with Crippen LogP contribution in [0.25, 0.3) is 0 Å². The summed E-state index contributed by atoms with van der Waals surface area (Å²) in [6.45, 7) is 0. The third-order valence-electron chi connectivity index (χ3n) is 1.93. The summed E-state index contributed by atoms with van der Waals surface area (Å²) < 4.78 is 0. The maximum absolute atomic E-state index is 4.15. The van der Waals surface area contributed by atoms with Gasteiger partial charge in [-0.25, -0.2) is 0 Å². The Morgan fingerprint density at radius 1 is 0.733 bits per heavy atom. The molecule has 0 saturated heterocycles. The van der Waals surface area contributed by atoms with Gasteiger partial charge in [0.05, 0.1) is 21.6 Å². The second-order valence-corrected chi connectivity index (χ2v) is 3.59. The SMILES string of the molecule is [Si]c1ccccc1N=Nc1ccccc1. The van der Waals surface area contributed by atoms with Crippen molar-refractivity contribution in [2.24, 2.45) is 10.2 Å². The van der Waals surface area contributed by atoms with Crippen molar-refractivity contribution in [2.45, 2.75) is 0 Å². The minimum absolute atomic E-state index is 0.831. The molecule has 0 saturated carbocycles. The maximum atomic E-state index is 4.15. The minimum atomic E-state index is 0.831. The Bertz CT molecular complexity index is 466. The highest BCUT2D eigenvalue weighted by molar-refractivity contribution is 6.35. The van der Waals surface area contributed by atoms with Gasteiger partial charge in [0.15, 0.2) is 0 Å². The van der Waals surface area contributed by atoms with E-state index in [0.29, 0.717) is 0 Å². The van der Waals surface area contributed by atoms with E-state index in [9.17, 15) is 0 Å².